The van der Waals surface area contributed by atoms with Crippen molar-refractivity contribution in [3.05, 3.63) is 95.0 Å². The lowest BCUT2D eigenvalue weighted by Crippen LogP contribution is -2.22. The van der Waals surface area contributed by atoms with Gasteiger partial charge in [0, 0.05) is 18.1 Å². The van der Waals surface area contributed by atoms with Crippen LogP contribution in [0.2, 0.25) is 5.02 Å². The molecule has 122 valence electrons. The zero-order valence-electron chi connectivity index (χ0n) is 13.4. The number of hydrogen-bond donors (Lipinski definition) is 0. The van der Waals surface area contributed by atoms with Crippen LogP contribution in [0.5, 0.6) is 0 Å². The van der Waals surface area contributed by atoms with E-state index in [1.807, 2.05) is 48.5 Å². The van der Waals surface area contributed by atoms with Gasteiger partial charge in [0.2, 0.25) is 5.91 Å². The molecule has 24 heavy (non-hydrogen) atoms. The molecule has 0 spiro atoms. The summed E-state index contributed by atoms with van der Waals surface area (Å²) in [4.78, 5) is 13.2. The molecule has 1 unspecified atom stereocenters. The van der Waals surface area contributed by atoms with Crippen molar-refractivity contribution in [2.45, 2.75) is 19.4 Å². The van der Waals surface area contributed by atoms with Crippen molar-refractivity contribution in [3.63, 3.8) is 0 Å². The second-order valence-electron chi connectivity index (χ2n) is 5.60. The molecule has 1 heterocycles. The van der Waals surface area contributed by atoms with E-state index in [2.05, 4.69) is 12.1 Å². The minimum atomic E-state index is -0.0506. The molecule has 1 aliphatic rings. The smallest absolute Gasteiger partial charge is 0.227 e. The number of allylic oxidation sites excluding steroid dienone is 1. The summed E-state index contributed by atoms with van der Waals surface area (Å²) in [6.45, 7) is 1.95. The minimum absolute atomic E-state index is 0.00546. The van der Waals surface area contributed by atoms with E-state index < -0.39 is 0 Å². The van der Waals surface area contributed by atoms with Gasteiger partial charge in [-0.2, -0.15) is 0 Å². The average Bonchev–Trinajstić information content (AvgIpc) is 2.61. The summed E-state index contributed by atoms with van der Waals surface area (Å²) in [5.41, 5.74) is 2.15. The molecule has 1 amide bonds. The zero-order chi connectivity index (χ0) is 16.9. The van der Waals surface area contributed by atoms with Crippen molar-refractivity contribution < 1.29 is 9.53 Å². The van der Waals surface area contributed by atoms with Crippen molar-refractivity contribution in [1.82, 2.24) is 4.90 Å². The topological polar surface area (TPSA) is 29.5 Å². The van der Waals surface area contributed by atoms with Gasteiger partial charge in [0.1, 0.15) is 12.4 Å². The highest BCUT2D eigenvalue weighted by Gasteiger charge is 2.21. The number of benzene rings is 2. The number of carbonyl (C=O) groups is 1. The Hall–Kier alpha value is -2.52. The number of ether oxygens (including phenoxy) is 1. The Kier molecular flexibility index (Phi) is 5.02. The second kappa shape index (κ2) is 7.37. The molecule has 2 aromatic carbocycles. The summed E-state index contributed by atoms with van der Waals surface area (Å²) in [7, 11) is 0. The lowest BCUT2D eigenvalue weighted by molar-refractivity contribution is -0.124. The van der Waals surface area contributed by atoms with Gasteiger partial charge in [0.25, 0.3) is 0 Å². The normalized spacial score (nSPS) is 16.7. The van der Waals surface area contributed by atoms with Crippen molar-refractivity contribution >= 4 is 17.5 Å². The predicted molar refractivity (Wildman–Crippen MR) is 95.2 cm³/mol. The molecule has 0 aliphatic carbocycles. The van der Waals surface area contributed by atoms with Gasteiger partial charge in [0.05, 0.1) is 12.1 Å². The van der Waals surface area contributed by atoms with Crippen molar-refractivity contribution in [3.8, 4) is 0 Å². The fourth-order valence-electron chi connectivity index (χ4n) is 2.54. The number of nitrogens with zero attached hydrogens (tertiary/aromatic N) is 1. The number of halogens is 1. The third-order valence-electron chi connectivity index (χ3n) is 3.85. The first kappa shape index (κ1) is 16.3. The first-order valence-corrected chi connectivity index (χ1v) is 8.12. The van der Waals surface area contributed by atoms with Gasteiger partial charge >= 0.3 is 0 Å². The first-order valence-electron chi connectivity index (χ1n) is 7.74. The van der Waals surface area contributed by atoms with Gasteiger partial charge in [0.15, 0.2) is 0 Å². The lowest BCUT2D eigenvalue weighted by atomic mass is 9.95. The van der Waals surface area contributed by atoms with Gasteiger partial charge in [-0.1, -0.05) is 60.1 Å². The third kappa shape index (κ3) is 3.87. The summed E-state index contributed by atoms with van der Waals surface area (Å²) in [6, 6.07) is 17.6. The van der Waals surface area contributed by atoms with Crippen molar-refractivity contribution in [2.24, 2.45) is 0 Å². The van der Waals surface area contributed by atoms with E-state index in [4.69, 9.17) is 16.3 Å². The molecule has 0 N–H and O–H groups in total. The van der Waals surface area contributed by atoms with Crippen LogP contribution in [-0.4, -0.2) is 10.8 Å². The van der Waals surface area contributed by atoms with Crippen LogP contribution in [0.25, 0.3) is 0 Å². The molecule has 1 aliphatic heterocycles. The summed E-state index contributed by atoms with van der Waals surface area (Å²) in [5, 5.41) is 0.698. The molecule has 0 saturated heterocycles. The molecule has 4 heteroatoms. The average molecular weight is 340 g/mol. The monoisotopic (exact) mass is 339 g/mol. The van der Waals surface area contributed by atoms with Crippen LogP contribution in [0.3, 0.4) is 0 Å². The van der Waals surface area contributed by atoms with E-state index in [0.717, 1.165) is 16.9 Å². The zero-order valence-corrected chi connectivity index (χ0v) is 14.1. The van der Waals surface area contributed by atoms with E-state index in [9.17, 15) is 4.79 Å². The largest absolute Gasteiger partial charge is 0.491 e. The SMILES string of the molecule is CC(=O)N1C=CC(c2ccccc2)C(OCc2ccc(Cl)cc2)=C1. The van der Waals surface area contributed by atoms with E-state index in [0.29, 0.717) is 11.6 Å². The number of carbonyl (C=O) groups excluding carboxylic acids is 1. The maximum Gasteiger partial charge on any atom is 0.227 e. The third-order valence-corrected chi connectivity index (χ3v) is 4.11. The van der Waals surface area contributed by atoms with Crippen LogP contribution in [0.1, 0.15) is 24.0 Å². The Morgan fingerprint density at radius 1 is 1.12 bits per heavy atom. The summed E-state index contributed by atoms with van der Waals surface area (Å²) in [5.74, 6) is 0.688. The minimum Gasteiger partial charge on any atom is -0.491 e. The Labute approximate surface area is 146 Å². The van der Waals surface area contributed by atoms with Crippen molar-refractivity contribution in [1.29, 1.82) is 0 Å². The van der Waals surface area contributed by atoms with Gasteiger partial charge < -0.3 is 4.74 Å². The maximum atomic E-state index is 11.7. The van der Waals surface area contributed by atoms with Gasteiger partial charge in [-0.3, -0.25) is 9.69 Å². The molecule has 0 radical (unpaired) electrons. The van der Waals surface area contributed by atoms with Crippen molar-refractivity contribution in [2.75, 3.05) is 0 Å². The first-order chi connectivity index (χ1) is 11.6. The summed E-state index contributed by atoms with van der Waals surface area (Å²) in [6.07, 6.45) is 5.53. The molecule has 0 saturated carbocycles. The maximum absolute atomic E-state index is 11.7. The Morgan fingerprint density at radius 2 is 1.83 bits per heavy atom. The number of amides is 1. The quantitative estimate of drug-likeness (QED) is 0.796. The fourth-order valence-corrected chi connectivity index (χ4v) is 2.67. The van der Waals surface area contributed by atoms with Crippen LogP contribution in [0.4, 0.5) is 0 Å². The van der Waals surface area contributed by atoms with E-state index in [1.54, 1.807) is 12.4 Å². The highest BCUT2D eigenvalue weighted by Crippen LogP contribution is 2.31. The highest BCUT2D eigenvalue weighted by molar-refractivity contribution is 6.30. The standard InChI is InChI=1S/C20H18ClNO2/c1-15(23)22-12-11-19(17-5-3-2-4-6-17)20(13-22)24-14-16-7-9-18(21)10-8-16/h2-13,19H,14H2,1H3. The lowest BCUT2D eigenvalue weighted by Gasteiger charge is -2.25. The van der Waals surface area contributed by atoms with Crippen LogP contribution in [0.15, 0.2) is 78.8 Å². The number of hydrogen-bond acceptors (Lipinski definition) is 2. The van der Waals surface area contributed by atoms with Gasteiger partial charge in [-0.05, 0) is 23.3 Å². The molecule has 2 aromatic rings. The molecule has 0 bridgehead atoms. The molecule has 0 aromatic heterocycles. The van der Waals surface area contributed by atoms with Crippen LogP contribution in [0, 0.1) is 0 Å². The molecular weight excluding hydrogens is 322 g/mol. The molecule has 3 rings (SSSR count). The van der Waals surface area contributed by atoms with Crippen LogP contribution in [-0.2, 0) is 16.1 Å². The van der Waals surface area contributed by atoms with E-state index in [1.165, 1.54) is 11.8 Å². The Balaban J connectivity index is 1.81. The highest BCUT2D eigenvalue weighted by atomic mass is 35.5. The second-order valence-corrected chi connectivity index (χ2v) is 6.04. The van der Waals surface area contributed by atoms with Crippen LogP contribution < -0.4 is 0 Å². The van der Waals surface area contributed by atoms with E-state index >= 15 is 0 Å². The summed E-state index contributed by atoms with van der Waals surface area (Å²) < 4.78 is 6.03. The van der Waals surface area contributed by atoms with Gasteiger partial charge in [-0.25, -0.2) is 0 Å². The molecule has 0 fully saturated rings. The Morgan fingerprint density at radius 3 is 2.50 bits per heavy atom. The van der Waals surface area contributed by atoms with Crippen LogP contribution >= 0.6 is 11.6 Å². The van der Waals surface area contributed by atoms with Gasteiger partial charge in [-0.15, -0.1) is 0 Å². The van der Waals surface area contributed by atoms with E-state index in [-0.39, 0.29) is 11.8 Å². The Bertz CT molecular complexity index is 766. The molecular formula is C20H18ClNO2. The molecule has 3 nitrogen and oxygen atoms in total. The predicted octanol–water partition coefficient (Wildman–Crippen LogP) is 4.86. The fraction of sp³-hybridized carbons (Fsp3) is 0.150. The summed E-state index contributed by atoms with van der Waals surface area (Å²) >= 11 is 5.91. The number of rotatable bonds is 4. The molecule has 1 atom stereocenters.